The van der Waals surface area contributed by atoms with E-state index in [4.69, 9.17) is 38.0 Å². The minimum atomic E-state index is -0.667. The predicted octanol–water partition coefficient (Wildman–Crippen LogP) is 10.3. The van der Waals surface area contributed by atoms with Crippen LogP contribution in [0, 0.1) is 0 Å². The first-order chi connectivity index (χ1) is 27.1. The molecule has 2 atom stereocenters. The predicted molar refractivity (Wildman–Crippen MR) is 219 cm³/mol. The molecule has 0 amide bonds. The molecule has 2 unspecified atom stereocenters. The summed E-state index contributed by atoms with van der Waals surface area (Å²) in [6.45, 7) is 7.51. The molecule has 0 heterocycles. The highest BCUT2D eigenvalue weighted by Gasteiger charge is 2.19. The van der Waals surface area contributed by atoms with Crippen molar-refractivity contribution >= 4 is 11.9 Å². The van der Waals surface area contributed by atoms with Crippen molar-refractivity contribution in [1.29, 1.82) is 0 Å². The van der Waals surface area contributed by atoms with Crippen LogP contribution < -0.4 is 0 Å². The van der Waals surface area contributed by atoms with Crippen LogP contribution in [0.3, 0.4) is 0 Å². The molecule has 0 radical (unpaired) electrons. The highest BCUT2D eigenvalue weighted by atomic mass is 17.2. The van der Waals surface area contributed by atoms with Gasteiger partial charge in [0.25, 0.3) is 0 Å². The first-order valence-corrected chi connectivity index (χ1v) is 22.4. The number of ether oxygens (including phenoxy) is 7. The molecule has 0 aromatic carbocycles. The van der Waals surface area contributed by atoms with Gasteiger partial charge in [-0.1, -0.05) is 155 Å². The van der Waals surface area contributed by atoms with Crippen LogP contribution in [-0.2, 0) is 52.5 Å². The van der Waals surface area contributed by atoms with Crippen LogP contribution in [-0.4, -0.2) is 104 Å². The van der Waals surface area contributed by atoms with Gasteiger partial charge in [0.2, 0.25) is 0 Å². The lowest BCUT2D eigenvalue weighted by Gasteiger charge is -2.23. The van der Waals surface area contributed by atoms with Crippen LogP contribution in [0.15, 0.2) is 0 Å². The fourth-order valence-electron chi connectivity index (χ4n) is 6.11. The Morgan fingerprint density at radius 3 is 1.31 bits per heavy atom. The summed E-state index contributed by atoms with van der Waals surface area (Å²) in [5.74, 6) is -0.884. The average Bonchev–Trinajstić information content (AvgIpc) is 3.19. The van der Waals surface area contributed by atoms with E-state index in [9.17, 15) is 9.59 Å². The molecule has 0 aliphatic carbocycles. The first-order valence-electron chi connectivity index (χ1n) is 22.4. The summed E-state index contributed by atoms with van der Waals surface area (Å²) in [6, 6.07) is 0. The maximum absolute atomic E-state index is 12.4. The quantitative estimate of drug-likeness (QED) is 0.0254. The second kappa shape index (κ2) is 45.4. The van der Waals surface area contributed by atoms with Gasteiger partial charge in [0.15, 0.2) is 0 Å². The van der Waals surface area contributed by atoms with Gasteiger partial charge in [-0.25, -0.2) is 9.78 Å². The van der Waals surface area contributed by atoms with Crippen molar-refractivity contribution in [1.82, 2.24) is 0 Å². The Bertz CT molecular complexity index is 785. The van der Waals surface area contributed by atoms with Crippen LogP contribution in [0.1, 0.15) is 181 Å². The summed E-state index contributed by atoms with van der Waals surface area (Å²) in [5.41, 5.74) is 0. The molecule has 0 saturated carbocycles. The van der Waals surface area contributed by atoms with Crippen LogP contribution in [0.25, 0.3) is 0 Å². The summed E-state index contributed by atoms with van der Waals surface area (Å²) >= 11 is 0. The van der Waals surface area contributed by atoms with E-state index in [2.05, 4.69) is 18.7 Å². The van der Waals surface area contributed by atoms with E-state index in [1.54, 1.807) is 7.11 Å². The molecule has 328 valence electrons. The summed E-state index contributed by atoms with van der Waals surface area (Å²) in [6.07, 6.45) is 30.2. The maximum Gasteiger partial charge on any atom is 0.308 e. The molecular weight excluding hydrogens is 704 g/mol. The molecule has 55 heavy (non-hydrogen) atoms. The number of rotatable bonds is 46. The van der Waals surface area contributed by atoms with E-state index < -0.39 is 18.0 Å². The highest BCUT2D eigenvalue weighted by molar-refractivity contribution is 5.70. The smallest absolute Gasteiger partial charge is 0.308 e. The zero-order valence-corrected chi connectivity index (χ0v) is 36.1. The van der Waals surface area contributed by atoms with Crippen LogP contribution >= 0.6 is 0 Å². The third kappa shape index (κ3) is 42.1. The zero-order chi connectivity index (χ0) is 40.1. The second-order valence-electron chi connectivity index (χ2n) is 14.8. The van der Waals surface area contributed by atoms with E-state index in [1.807, 2.05) is 0 Å². The summed E-state index contributed by atoms with van der Waals surface area (Å²) in [4.78, 5) is 33.9. The summed E-state index contributed by atoms with van der Waals surface area (Å²) in [7, 11) is 2.97. The molecule has 0 aromatic rings. The van der Waals surface area contributed by atoms with Crippen molar-refractivity contribution in [3.05, 3.63) is 0 Å². The molecule has 0 saturated heterocycles. The number of methoxy groups -OCH3 is 1. The number of unbranched alkanes of at least 4 members (excludes halogenated alkanes) is 22. The van der Waals surface area contributed by atoms with E-state index >= 15 is 0 Å². The van der Waals surface area contributed by atoms with E-state index in [1.165, 1.54) is 142 Å². The largest absolute Gasteiger partial charge is 0.463 e. The van der Waals surface area contributed by atoms with Gasteiger partial charge in [-0.05, 0) is 12.8 Å². The number of esters is 2. The standard InChI is InChI=1S/C44H86O11/c1-5-7-9-11-13-15-17-19-21-23-25-27-31-50-37-41(51-32-28-26-24-22-20-18-16-14-12-10-8-6-2)38-52-42(40-54-44(46)30-34-55-48-4)39-53-43(45)29-33-49-36-35-47-3/h41-42H,5-40H2,1-4H3. The van der Waals surface area contributed by atoms with E-state index in [0.717, 1.165) is 19.3 Å². The third-order valence-corrected chi connectivity index (χ3v) is 9.57. The zero-order valence-electron chi connectivity index (χ0n) is 36.1. The normalized spacial score (nSPS) is 12.6. The van der Waals surface area contributed by atoms with Gasteiger partial charge < -0.3 is 33.2 Å². The van der Waals surface area contributed by atoms with Gasteiger partial charge in [-0.3, -0.25) is 9.59 Å². The maximum atomic E-state index is 12.4. The lowest BCUT2D eigenvalue weighted by Crippen LogP contribution is -2.34. The van der Waals surface area contributed by atoms with Gasteiger partial charge >= 0.3 is 11.9 Å². The van der Waals surface area contributed by atoms with E-state index in [-0.39, 0.29) is 52.0 Å². The van der Waals surface area contributed by atoms with Crippen molar-refractivity contribution < 1.29 is 52.5 Å². The monoisotopic (exact) mass is 791 g/mol. The van der Waals surface area contributed by atoms with Crippen molar-refractivity contribution in [2.24, 2.45) is 0 Å². The Labute approximate surface area is 337 Å². The van der Waals surface area contributed by atoms with Gasteiger partial charge in [-0.15, -0.1) is 0 Å². The first kappa shape index (κ1) is 53.7. The van der Waals surface area contributed by atoms with Gasteiger partial charge in [0.05, 0.1) is 59.6 Å². The highest BCUT2D eigenvalue weighted by Crippen LogP contribution is 2.14. The van der Waals surface area contributed by atoms with Crippen molar-refractivity contribution in [3.8, 4) is 0 Å². The molecule has 0 spiro atoms. The number of carbonyl (C=O) groups is 2. The minimum absolute atomic E-state index is 0.0247. The molecule has 0 fully saturated rings. The Balaban J connectivity index is 4.77. The summed E-state index contributed by atoms with van der Waals surface area (Å²) in [5, 5.41) is 0. The SMILES string of the molecule is CCCCCCCCCCCCCCOCC(COC(COC(=O)CCOCCOC)COC(=O)CCOOC)OCCCCCCCCCCCCCC. The van der Waals surface area contributed by atoms with E-state index in [0.29, 0.717) is 33.0 Å². The molecule has 0 bridgehead atoms. The molecule has 0 aliphatic heterocycles. The average molecular weight is 791 g/mol. The molecular formula is C44H86O11. The molecule has 0 aliphatic rings. The number of carbonyl (C=O) groups excluding carboxylic acids is 2. The fourth-order valence-corrected chi connectivity index (χ4v) is 6.11. The van der Waals surface area contributed by atoms with Crippen LogP contribution in [0.2, 0.25) is 0 Å². The van der Waals surface area contributed by atoms with Crippen molar-refractivity contribution in [2.75, 3.05) is 80.3 Å². The van der Waals surface area contributed by atoms with Gasteiger partial charge in [0, 0.05) is 20.3 Å². The lowest BCUT2D eigenvalue weighted by atomic mass is 10.1. The van der Waals surface area contributed by atoms with Crippen molar-refractivity contribution in [3.63, 3.8) is 0 Å². The van der Waals surface area contributed by atoms with Gasteiger partial charge in [0.1, 0.15) is 25.4 Å². The molecule has 0 N–H and O–H groups in total. The third-order valence-electron chi connectivity index (χ3n) is 9.57. The van der Waals surface area contributed by atoms with Crippen molar-refractivity contribution in [2.45, 2.75) is 193 Å². The lowest BCUT2D eigenvalue weighted by molar-refractivity contribution is -0.272. The molecule has 0 rings (SSSR count). The topological polar surface area (TPSA) is 117 Å². The van der Waals surface area contributed by atoms with Crippen LogP contribution in [0.5, 0.6) is 0 Å². The Morgan fingerprint density at radius 1 is 0.400 bits per heavy atom. The summed E-state index contributed by atoms with van der Waals surface area (Å²) < 4.78 is 39.7. The minimum Gasteiger partial charge on any atom is -0.463 e. The molecule has 0 aromatic heterocycles. The molecule has 11 nitrogen and oxygen atoms in total. The number of hydrogen-bond acceptors (Lipinski definition) is 11. The number of hydrogen-bond donors (Lipinski definition) is 0. The Hall–Kier alpha value is -1.34. The Kier molecular flexibility index (Phi) is 44.3. The second-order valence-corrected chi connectivity index (χ2v) is 14.8. The van der Waals surface area contributed by atoms with Gasteiger partial charge in [-0.2, -0.15) is 0 Å². The fraction of sp³-hybridized carbons (Fsp3) is 0.955. The Morgan fingerprint density at radius 2 is 0.836 bits per heavy atom. The molecule has 11 heteroatoms. The van der Waals surface area contributed by atoms with Crippen LogP contribution in [0.4, 0.5) is 0 Å².